The molecule has 0 radical (unpaired) electrons. The van der Waals surface area contributed by atoms with Crippen LogP contribution in [0.1, 0.15) is 23.1 Å². The fourth-order valence-electron chi connectivity index (χ4n) is 2.99. The average Bonchev–Trinajstić information content (AvgIpc) is 3.05. The molecule has 6 nitrogen and oxygen atoms in total. The van der Waals surface area contributed by atoms with E-state index < -0.39 is 5.91 Å². The van der Waals surface area contributed by atoms with Crippen molar-refractivity contribution < 1.29 is 14.3 Å². The maximum absolute atomic E-state index is 12.0. The number of hydrazine groups is 1. The second kappa shape index (κ2) is 8.40. The molecule has 0 saturated heterocycles. The Morgan fingerprint density at radius 1 is 1.00 bits per heavy atom. The Morgan fingerprint density at radius 2 is 1.70 bits per heavy atom. The van der Waals surface area contributed by atoms with Gasteiger partial charge in [0, 0.05) is 23.5 Å². The first kappa shape index (κ1) is 18.5. The van der Waals surface area contributed by atoms with E-state index in [-0.39, 0.29) is 18.9 Å². The van der Waals surface area contributed by atoms with Crippen LogP contribution < -0.4 is 15.6 Å². The van der Waals surface area contributed by atoms with E-state index in [1.807, 2.05) is 62.5 Å². The molecule has 6 heteroatoms. The Balaban J connectivity index is 1.41. The number of H-pyrrole nitrogens is 1. The van der Waals surface area contributed by atoms with E-state index in [4.69, 9.17) is 4.74 Å². The van der Waals surface area contributed by atoms with Gasteiger partial charge in [0.05, 0.1) is 0 Å². The van der Waals surface area contributed by atoms with E-state index in [2.05, 4.69) is 15.8 Å². The largest absolute Gasteiger partial charge is 0.484 e. The van der Waals surface area contributed by atoms with Crippen LogP contribution in [0, 0.1) is 13.8 Å². The number of rotatable bonds is 6. The molecule has 0 spiro atoms. The average molecular weight is 365 g/mol. The highest BCUT2D eigenvalue weighted by molar-refractivity contribution is 5.85. The lowest BCUT2D eigenvalue weighted by Gasteiger charge is -2.10. The molecule has 0 bridgehead atoms. The van der Waals surface area contributed by atoms with Gasteiger partial charge in [-0.3, -0.25) is 20.4 Å². The lowest BCUT2D eigenvalue weighted by Crippen LogP contribution is -2.43. The van der Waals surface area contributed by atoms with Gasteiger partial charge in [0.15, 0.2) is 6.61 Å². The number of fused-ring (bicyclic) bond motifs is 1. The number of para-hydroxylation sites is 1. The summed E-state index contributed by atoms with van der Waals surface area (Å²) in [5.74, 6) is -0.0250. The number of aromatic amines is 1. The summed E-state index contributed by atoms with van der Waals surface area (Å²) in [5, 5.41) is 1.11. The zero-order valence-corrected chi connectivity index (χ0v) is 15.5. The number of ether oxygens (including phenoxy) is 1. The summed E-state index contributed by atoms with van der Waals surface area (Å²) in [6, 6.07) is 13.7. The van der Waals surface area contributed by atoms with Crippen molar-refractivity contribution >= 4 is 22.7 Å². The third kappa shape index (κ3) is 5.10. The van der Waals surface area contributed by atoms with Gasteiger partial charge in [-0.15, -0.1) is 0 Å². The van der Waals surface area contributed by atoms with Gasteiger partial charge in [-0.25, -0.2) is 0 Å². The third-order valence-corrected chi connectivity index (χ3v) is 4.20. The summed E-state index contributed by atoms with van der Waals surface area (Å²) in [4.78, 5) is 27.0. The lowest BCUT2D eigenvalue weighted by molar-refractivity contribution is -0.130. The number of amides is 2. The van der Waals surface area contributed by atoms with Crippen LogP contribution in [-0.2, 0) is 16.0 Å². The predicted molar refractivity (Wildman–Crippen MR) is 104 cm³/mol. The molecule has 0 unspecified atom stereocenters. The molecule has 3 rings (SSSR count). The summed E-state index contributed by atoms with van der Waals surface area (Å²) < 4.78 is 5.46. The number of nitrogens with one attached hydrogen (secondary N) is 3. The number of hydrogen-bond donors (Lipinski definition) is 3. The van der Waals surface area contributed by atoms with Crippen LogP contribution in [0.15, 0.2) is 48.7 Å². The van der Waals surface area contributed by atoms with Gasteiger partial charge in [-0.1, -0.05) is 24.3 Å². The summed E-state index contributed by atoms with van der Waals surface area (Å²) >= 11 is 0. The molecule has 27 heavy (non-hydrogen) atoms. The molecular weight excluding hydrogens is 342 g/mol. The van der Waals surface area contributed by atoms with E-state index in [1.54, 1.807) is 0 Å². The molecule has 2 aromatic carbocycles. The molecule has 2 amide bonds. The first-order valence-corrected chi connectivity index (χ1v) is 8.85. The first-order valence-electron chi connectivity index (χ1n) is 8.85. The van der Waals surface area contributed by atoms with Gasteiger partial charge in [-0.05, 0) is 55.2 Å². The zero-order chi connectivity index (χ0) is 19.2. The van der Waals surface area contributed by atoms with Gasteiger partial charge in [0.1, 0.15) is 5.75 Å². The van der Waals surface area contributed by atoms with Gasteiger partial charge in [-0.2, -0.15) is 0 Å². The SMILES string of the molecule is Cc1cc(C)cc(OCC(=O)NNC(=O)CCc2c[nH]c3ccccc23)c1. The minimum atomic E-state index is -0.408. The van der Waals surface area contributed by atoms with Crippen LogP contribution in [0.4, 0.5) is 0 Å². The zero-order valence-electron chi connectivity index (χ0n) is 15.5. The molecule has 1 aromatic heterocycles. The molecule has 1 heterocycles. The molecular formula is C21H23N3O3. The Kier molecular flexibility index (Phi) is 5.76. The lowest BCUT2D eigenvalue weighted by atomic mass is 10.1. The van der Waals surface area contributed by atoms with Crippen molar-refractivity contribution in [3.05, 3.63) is 65.4 Å². The van der Waals surface area contributed by atoms with Gasteiger partial charge < -0.3 is 9.72 Å². The van der Waals surface area contributed by atoms with Crippen LogP contribution in [0.5, 0.6) is 5.75 Å². The minimum Gasteiger partial charge on any atom is -0.484 e. The molecule has 0 saturated carbocycles. The monoisotopic (exact) mass is 365 g/mol. The molecule has 3 N–H and O–H groups in total. The smallest absolute Gasteiger partial charge is 0.276 e. The normalized spacial score (nSPS) is 10.6. The van der Waals surface area contributed by atoms with Gasteiger partial charge in [0.25, 0.3) is 5.91 Å². The van der Waals surface area contributed by atoms with Crippen LogP contribution in [0.25, 0.3) is 10.9 Å². The Bertz CT molecular complexity index is 942. The summed E-state index contributed by atoms with van der Waals surface area (Å²) in [5.41, 5.74) is 9.05. The minimum absolute atomic E-state index is 0.161. The number of carbonyl (C=O) groups excluding carboxylic acids is 2. The second-order valence-corrected chi connectivity index (χ2v) is 6.57. The fraction of sp³-hybridized carbons (Fsp3) is 0.238. The van der Waals surface area contributed by atoms with Crippen LogP contribution in [-0.4, -0.2) is 23.4 Å². The highest BCUT2D eigenvalue weighted by Gasteiger charge is 2.09. The van der Waals surface area contributed by atoms with Crippen molar-refractivity contribution in [1.29, 1.82) is 0 Å². The van der Waals surface area contributed by atoms with Crippen molar-refractivity contribution in [2.75, 3.05) is 6.61 Å². The number of aromatic nitrogens is 1. The van der Waals surface area contributed by atoms with Crippen molar-refractivity contribution in [3.63, 3.8) is 0 Å². The maximum Gasteiger partial charge on any atom is 0.276 e. The number of benzene rings is 2. The highest BCUT2D eigenvalue weighted by atomic mass is 16.5. The van der Waals surface area contributed by atoms with Crippen LogP contribution >= 0.6 is 0 Å². The Morgan fingerprint density at radius 3 is 2.48 bits per heavy atom. The molecule has 0 aliphatic rings. The fourth-order valence-corrected chi connectivity index (χ4v) is 2.99. The van der Waals surface area contributed by atoms with Crippen molar-refractivity contribution in [1.82, 2.24) is 15.8 Å². The van der Waals surface area contributed by atoms with E-state index in [0.717, 1.165) is 27.6 Å². The van der Waals surface area contributed by atoms with E-state index in [1.165, 1.54) is 0 Å². The summed E-state index contributed by atoms with van der Waals surface area (Å²) in [6.07, 6.45) is 2.78. The van der Waals surface area contributed by atoms with Crippen molar-refractivity contribution in [2.45, 2.75) is 26.7 Å². The molecule has 0 atom stereocenters. The maximum atomic E-state index is 12.0. The number of aryl methyl sites for hydroxylation is 3. The molecule has 140 valence electrons. The second-order valence-electron chi connectivity index (χ2n) is 6.57. The van der Waals surface area contributed by atoms with Crippen molar-refractivity contribution in [3.8, 4) is 5.75 Å². The Hall–Kier alpha value is -3.28. The third-order valence-electron chi connectivity index (χ3n) is 4.20. The molecule has 0 fully saturated rings. The topological polar surface area (TPSA) is 83.2 Å². The van der Waals surface area contributed by atoms with E-state index in [9.17, 15) is 9.59 Å². The predicted octanol–water partition coefficient (Wildman–Crippen LogP) is 2.94. The molecule has 3 aromatic rings. The standard InChI is InChI=1S/C21H23N3O3/c1-14-9-15(2)11-17(10-14)27-13-21(26)24-23-20(25)8-7-16-12-22-19-6-4-3-5-18(16)19/h3-6,9-12,22H,7-8,13H2,1-2H3,(H,23,25)(H,24,26). The number of hydrogen-bond acceptors (Lipinski definition) is 3. The summed E-state index contributed by atoms with van der Waals surface area (Å²) in [7, 11) is 0. The van der Waals surface area contributed by atoms with Crippen LogP contribution in [0.2, 0.25) is 0 Å². The van der Waals surface area contributed by atoms with Gasteiger partial charge >= 0.3 is 0 Å². The molecule has 0 aliphatic heterocycles. The van der Waals surface area contributed by atoms with Crippen LogP contribution in [0.3, 0.4) is 0 Å². The van der Waals surface area contributed by atoms with Crippen molar-refractivity contribution in [2.24, 2.45) is 0 Å². The highest BCUT2D eigenvalue weighted by Crippen LogP contribution is 2.19. The number of carbonyl (C=O) groups is 2. The van der Waals surface area contributed by atoms with Gasteiger partial charge in [0.2, 0.25) is 5.91 Å². The van der Waals surface area contributed by atoms with E-state index >= 15 is 0 Å². The quantitative estimate of drug-likeness (QED) is 0.587. The summed E-state index contributed by atoms with van der Waals surface area (Å²) in [6.45, 7) is 3.77. The Labute approximate surface area is 157 Å². The first-order chi connectivity index (χ1) is 13.0. The van der Waals surface area contributed by atoms with E-state index in [0.29, 0.717) is 12.2 Å². The molecule has 0 aliphatic carbocycles.